The summed E-state index contributed by atoms with van der Waals surface area (Å²) in [5.41, 5.74) is 0.129. The largest absolute Gasteiger partial charge is 0.376 e. The Labute approximate surface area is 136 Å². The van der Waals surface area contributed by atoms with E-state index in [1.165, 1.54) is 0 Å². The minimum Gasteiger partial charge on any atom is -0.376 e. The Hall–Kier alpha value is -1.78. The fourth-order valence-corrected chi connectivity index (χ4v) is 2.86. The molecule has 0 aliphatic heterocycles. The number of likely N-dealkylation sites (N-methyl/N-ethyl adjacent to an activating group) is 1. The summed E-state index contributed by atoms with van der Waals surface area (Å²) in [5, 5.41) is 10.6. The third-order valence-corrected chi connectivity index (χ3v) is 4.38. The van der Waals surface area contributed by atoms with Gasteiger partial charge in [-0.25, -0.2) is 0 Å². The van der Waals surface area contributed by atoms with E-state index in [0.29, 0.717) is 12.1 Å². The van der Waals surface area contributed by atoms with Crippen molar-refractivity contribution in [1.82, 2.24) is 4.90 Å². The van der Waals surface area contributed by atoms with E-state index in [9.17, 15) is 9.90 Å². The number of carbonyl (C=O) groups is 1. The third kappa shape index (κ3) is 3.70. The Kier molecular flexibility index (Phi) is 5.27. The number of thioether (sulfide) groups is 1. The molecule has 0 aromatic heterocycles. The van der Waals surface area contributed by atoms with Crippen molar-refractivity contribution >= 4 is 17.7 Å². The molecule has 1 N–H and O–H groups in total. The van der Waals surface area contributed by atoms with E-state index in [4.69, 9.17) is 0 Å². The highest BCUT2D eigenvalue weighted by Crippen LogP contribution is 2.24. The second-order valence-electron chi connectivity index (χ2n) is 5.45. The molecule has 1 amide bonds. The predicted octanol–water partition coefficient (Wildman–Crippen LogP) is 3.27. The van der Waals surface area contributed by atoms with Gasteiger partial charge in [0.05, 0.1) is 0 Å². The van der Waals surface area contributed by atoms with Gasteiger partial charge in [0.2, 0.25) is 0 Å². The summed E-state index contributed by atoms with van der Waals surface area (Å²) in [6.45, 7) is 2.01. The van der Waals surface area contributed by atoms with Crippen LogP contribution in [0.5, 0.6) is 0 Å². The number of aliphatic hydroxyl groups is 1. The maximum absolute atomic E-state index is 12.6. The summed E-state index contributed by atoms with van der Waals surface area (Å²) in [6.07, 6.45) is 2.02. The molecule has 1 atom stereocenters. The van der Waals surface area contributed by atoms with Gasteiger partial charge in [-0.2, -0.15) is 0 Å². The Morgan fingerprint density at radius 3 is 2.50 bits per heavy atom. The molecule has 2 aromatic rings. The van der Waals surface area contributed by atoms with Crippen LogP contribution in [0.2, 0.25) is 0 Å². The molecule has 2 rings (SSSR count). The fourth-order valence-electron chi connectivity index (χ4n) is 2.37. The monoisotopic (exact) mass is 315 g/mol. The first-order valence-corrected chi connectivity index (χ1v) is 8.34. The second kappa shape index (κ2) is 6.99. The number of nitrogens with zero attached hydrogens (tertiary/aromatic N) is 1. The molecule has 2 aromatic carbocycles. The van der Waals surface area contributed by atoms with Crippen LogP contribution in [0.1, 0.15) is 18.1 Å². The third-order valence-electron chi connectivity index (χ3n) is 3.65. The number of rotatable bonds is 5. The van der Waals surface area contributed by atoms with E-state index in [1.54, 1.807) is 42.8 Å². The molecular formula is C18H21NO2S. The molecule has 0 spiro atoms. The molecule has 0 saturated heterocycles. The van der Waals surface area contributed by atoms with Gasteiger partial charge in [-0.05, 0) is 36.4 Å². The van der Waals surface area contributed by atoms with Crippen molar-refractivity contribution in [3.05, 3.63) is 65.7 Å². The number of amides is 1. The first kappa shape index (κ1) is 16.6. The average Bonchev–Trinajstić information content (AvgIpc) is 2.55. The van der Waals surface area contributed by atoms with Crippen LogP contribution in [0.25, 0.3) is 0 Å². The maximum atomic E-state index is 12.6. The van der Waals surface area contributed by atoms with Gasteiger partial charge in [0.1, 0.15) is 0 Å². The van der Waals surface area contributed by atoms with Gasteiger partial charge < -0.3 is 10.0 Å². The lowest BCUT2D eigenvalue weighted by Gasteiger charge is -2.28. The van der Waals surface area contributed by atoms with Gasteiger partial charge in [0.15, 0.2) is 5.60 Å². The molecule has 0 fully saturated rings. The van der Waals surface area contributed by atoms with Crippen LogP contribution < -0.4 is 0 Å². The van der Waals surface area contributed by atoms with Gasteiger partial charge in [-0.3, -0.25) is 4.79 Å². The van der Waals surface area contributed by atoms with Crippen molar-refractivity contribution in [2.45, 2.75) is 24.0 Å². The summed E-state index contributed by atoms with van der Waals surface area (Å²) in [6, 6.07) is 17.1. The Bertz CT molecular complexity index is 641. The van der Waals surface area contributed by atoms with Gasteiger partial charge in [0.25, 0.3) is 5.91 Å². The highest BCUT2D eigenvalue weighted by Gasteiger charge is 2.34. The molecule has 0 aliphatic rings. The van der Waals surface area contributed by atoms with Gasteiger partial charge >= 0.3 is 0 Å². The van der Waals surface area contributed by atoms with Gasteiger partial charge in [-0.1, -0.05) is 42.5 Å². The summed E-state index contributed by atoms with van der Waals surface area (Å²) >= 11 is 1.67. The lowest BCUT2D eigenvalue weighted by Crippen LogP contribution is -2.42. The minimum atomic E-state index is -1.52. The molecule has 3 nitrogen and oxygen atoms in total. The van der Waals surface area contributed by atoms with Crippen LogP contribution in [0.15, 0.2) is 59.5 Å². The molecule has 22 heavy (non-hydrogen) atoms. The summed E-state index contributed by atoms with van der Waals surface area (Å²) in [5.74, 6) is -0.312. The normalized spacial score (nSPS) is 13.5. The molecule has 0 radical (unpaired) electrons. The summed E-state index contributed by atoms with van der Waals surface area (Å²) < 4.78 is 0. The average molecular weight is 315 g/mol. The first-order valence-electron chi connectivity index (χ1n) is 7.11. The van der Waals surface area contributed by atoms with Crippen molar-refractivity contribution in [1.29, 1.82) is 0 Å². The second-order valence-corrected chi connectivity index (χ2v) is 6.33. The van der Waals surface area contributed by atoms with E-state index in [-0.39, 0.29) is 5.91 Å². The first-order chi connectivity index (χ1) is 10.4. The van der Waals surface area contributed by atoms with Crippen molar-refractivity contribution in [3.63, 3.8) is 0 Å². The predicted molar refractivity (Wildman–Crippen MR) is 90.7 cm³/mol. The van der Waals surface area contributed by atoms with E-state index in [0.717, 1.165) is 10.5 Å². The molecular weight excluding hydrogens is 294 g/mol. The van der Waals surface area contributed by atoms with Crippen LogP contribution >= 0.6 is 11.8 Å². The zero-order valence-electron chi connectivity index (χ0n) is 13.1. The Morgan fingerprint density at radius 2 is 1.86 bits per heavy atom. The van der Waals surface area contributed by atoms with Crippen molar-refractivity contribution in [2.75, 3.05) is 13.3 Å². The molecule has 0 heterocycles. The van der Waals surface area contributed by atoms with E-state index < -0.39 is 5.60 Å². The maximum Gasteiger partial charge on any atom is 0.258 e. The van der Waals surface area contributed by atoms with E-state index in [2.05, 4.69) is 6.07 Å². The summed E-state index contributed by atoms with van der Waals surface area (Å²) in [4.78, 5) is 15.3. The minimum absolute atomic E-state index is 0.312. The number of hydrogen-bond donors (Lipinski definition) is 1. The Morgan fingerprint density at radius 1 is 1.18 bits per heavy atom. The van der Waals surface area contributed by atoms with Crippen LogP contribution in [0.3, 0.4) is 0 Å². The lowest BCUT2D eigenvalue weighted by molar-refractivity contribution is -0.149. The topological polar surface area (TPSA) is 40.5 Å². The molecule has 4 heteroatoms. The molecule has 0 saturated carbocycles. The van der Waals surface area contributed by atoms with Crippen molar-refractivity contribution in [3.8, 4) is 0 Å². The van der Waals surface area contributed by atoms with E-state index in [1.807, 2.05) is 42.7 Å². The Balaban J connectivity index is 2.14. The number of benzene rings is 2. The lowest BCUT2D eigenvalue weighted by atomic mass is 9.94. The number of hydrogen-bond acceptors (Lipinski definition) is 3. The zero-order chi connectivity index (χ0) is 16.2. The van der Waals surface area contributed by atoms with Crippen LogP contribution in [0, 0.1) is 0 Å². The quantitative estimate of drug-likeness (QED) is 0.861. The highest BCUT2D eigenvalue weighted by atomic mass is 32.2. The molecule has 0 bridgehead atoms. The van der Waals surface area contributed by atoms with Crippen molar-refractivity contribution < 1.29 is 9.90 Å². The standard InChI is InChI=1S/C18H21NO2S/c1-18(21,15-9-5-4-6-10-15)17(20)19(2)13-14-8-7-11-16(12-14)22-3/h4-12,21H,13H2,1-3H3/t18-/m1/s1. The molecule has 116 valence electrons. The molecule has 0 aliphatic carbocycles. The smallest absolute Gasteiger partial charge is 0.258 e. The molecule has 0 unspecified atom stereocenters. The highest BCUT2D eigenvalue weighted by molar-refractivity contribution is 7.98. The van der Waals surface area contributed by atoms with Gasteiger partial charge in [-0.15, -0.1) is 11.8 Å². The summed E-state index contributed by atoms with van der Waals surface area (Å²) in [7, 11) is 1.71. The fraction of sp³-hybridized carbons (Fsp3) is 0.278. The van der Waals surface area contributed by atoms with E-state index >= 15 is 0 Å². The van der Waals surface area contributed by atoms with Crippen molar-refractivity contribution in [2.24, 2.45) is 0 Å². The van der Waals surface area contributed by atoms with Crippen LogP contribution in [0.4, 0.5) is 0 Å². The van der Waals surface area contributed by atoms with Gasteiger partial charge in [0, 0.05) is 18.5 Å². The number of carbonyl (C=O) groups excluding carboxylic acids is 1. The van der Waals surface area contributed by atoms with Crippen LogP contribution in [-0.4, -0.2) is 29.2 Å². The SMILES string of the molecule is CSc1cccc(CN(C)C(=O)[C@](C)(O)c2ccccc2)c1. The zero-order valence-corrected chi connectivity index (χ0v) is 13.9. The van der Waals surface area contributed by atoms with Crippen LogP contribution in [-0.2, 0) is 16.9 Å².